The summed E-state index contributed by atoms with van der Waals surface area (Å²) in [5, 5.41) is 0. The van der Waals surface area contributed by atoms with Gasteiger partial charge in [-0.15, -0.1) is 0 Å². The van der Waals surface area contributed by atoms with Crippen LogP contribution in [0.5, 0.6) is 0 Å². The second-order valence-corrected chi connectivity index (χ2v) is 5.30. The first-order valence-electron chi connectivity index (χ1n) is 6.64. The van der Waals surface area contributed by atoms with Gasteiger partial charge in [0, 0.05) is 6.54 Å². The molecule has 0 bridgehead atoms. The average Bonchev–Trinajstić information content (AvgIpc) is 2.69. The molecule has 2 rings (SSSR count). The Kier molecular flexibility index (Phi) is 4.24. The minimum absolute atomic E-state index is 0.156. The molecule has 3 heteroatoms. The van der Waals surface area contributed by atoms with Crippen molar-refractivity contribution in [3.63, 3.8) is 0 Å². The third kappa shape index (κ3) is 3.25. The number of ether oxygens (including phenoxy) is 1. The van der Waals surface area contributed by atoms with E-state index in [4.69, 9.17) is 4.74 Å². The normalized spacial score (nSPS) is 19.4. The number of carbonyl (C=O) groups excluding carboxylic acids is 1. The minimum atomic E-state index is -0.156. The zero-order valence-electron chi connectivity index (χ0n) is 11.1. The summed E-state index contributed by atoms with van der Waals surface area (Å²) < 4.78 is 5.17. The Labute approximate surface area is 109 Å². The standard InChI is InChI=1S/C15H21NO2/c1-12(2)8-9-16-14(11-18-15(16)17)10-13-6-4-3-5-7-13/h3-7,12,14H,8-11H2,1-2H3/t14-/m0/s1. The molecule has 0 aromatic heterocycles. The number of amides is 1. The summed E-state index contributed by atoms with van der Waals surface area (Å²) in [6, 6.07) is 10.5. The molecule has 18 heavy (non-hydrogen) atoms. The molecule has 1 aromatic rings. The van der Waals surface area contributed by atoms with Crippen molar-refractivity contribution in [1.29, 1.82) is 0 Å². The molecule has 1 fully saturated rings. The van der Waals surface area contributed by atoms with Gasteiger partial charge in [0.05, 0.1) is 6.04 Å². The Balaban J connectivity index is 1.96. The number of benzene rings is 1. The van der Waals surface area contributed by atoms with Crippen LogP contribution < -0.4 is 0 Å². The zero-order valence-corrected chi connectivity index (χ0v) is 11.1. The monoisotopic (exact) mass is 247 g/mol. The maximum Gasteiger partial charge on any atom is 0.410 e. The lowest BCUT2D eigenvalue weighted by atomic mass is 10.0. The molecule has 0 N–H and O–H groups in total. The number of hydrogen-bond acceptors (Lipinski definition) is 2. The number of hydrogen-bond donors (Lipinski definition) is 0. The molecule has 0 unspecified atom stereocenters. The van der Waals surface area contributed by atoms with Crippen LogP contribution in [0, 0.1) is 5.92 Å². The molecule has 1 aromatic carbocycles. The van der Waals surface area contributed by atoms with E-state index in [0.29, 0.717) is 12.5 Å². The van der Waals surface area contributed by atoms with Crippen molar-refractivity contribution in [1.82, 2.24) is 4.90 Å². The number of cyclic esters (lactones) is 1. The topological polar surface area (TPSA) is 29.5 Å². The van der Waals surface area contributed by atoms with Crippen LogP contribution in [0.3, 0.4) is 0 Å². The lowest BCUT2D eigenvalue weighted by Crippen LogP contribution is -2.36. The van der Waals surface area contributed by atoms with Crippen LogP contribution in [0.1, 0.15) is 25.8 Å². The molecular weight excluding hydrogens is 226 g/mol. The molecule has 1 atom stereocenters. The first-order valence-corrected chi connectivity index (χ1v) is 6.64. The second kappa shape index (κ2) is 5.89. The SMILES string of the molecule is CC(C)CCN1C(=O)OC[C@@H]1Cc1ccccc1. The number of nitrogens with zero attached hydrogens (tertiary/aromatic N) is 1. The van der Waals surface area contributed by atoms with Crippen molar-refractivity contribution in [2.45, 2.75) is 32.7 Å². The highest BCUT2D eigenvalue weighted by atomic mass is 16.6. The van der Waals surface area contributed by atoms with E-state index < -0.39 is 0 Å². The largest absolute Gasteiger partial charge is 0.447 e. The lowest BCUT2D eigenvalue weighted by Gasteiger charge is -2.22. The molecule has 0 radical (unpaired) electrons. The van der Waals surface area contributed by atoms with Gasteiger partial charge in [0.1, 0.15) is 6.61 Å². The van der Waals surface area contributed by atoms with Crippen molar-refractivity contribution >= 4 is 6.09 Å². The Hall–Kier alpha value is -1.51. The van der Waals surface area contributed by atoms with Crippen LogP contribution in [-0.2, 0) is 11.2 Å². The predicted octanol–water partition coefficient (Wildman–Crippen LogP) is 3.10. The predicted molar refractivity (Wildman–Crippen MR) is 71.4 cm³/mol. The smallest absolute Gasteiger partial charge is 0.410 e. The van der Waals surface area contributed by atoms with Crippen LogP contribution in [0.25, 0.3) is 0 Å². The van der Waals surface area contributed by atoms with E-state index in [9.17, 15) is 4.79 Å². The summed E-state index contributed by atoms with van der Waals surface area (Å²) in [7, 11) is 0. The van der Waals surface area contributed by atoms with Crippen LogP contribution in [-0.4, -0.2) is 30.2 Å². The van der Waals surface area contributed by atoms with Crippen LogP contribution in [0.2, 0.25) is 0 Å². The van der Waals surface area contributed by atoms with E-state index in [0.717, 1.165) is 19.4 Å². The highest BCUT2D eigenvalue weighted by molar-refractivity contribution is 5.70. The van der Waals surface area contributed by atoms with Gasteiger partial charge in [0.25, 0.3) is 0 Å². The fraction of sp³-hybridized carbons (Fsp3) is 0.533. The third-order valence-electron chi connectivity index (χ3n) is 3.34. The maximum absolute atomic E-state index is 11.7. The zero-order chi connectivity index (χ0) is 13.0. The molecule has 1 amide bonds. The molecular formula is C15H21NO2. The van der Waals surface area contributed by atoms with Gasteiger partial charge in [-0.1, -0.05) is 44.2 Å². The second-order valence-electron chi connectivity index (χ2n) is 5.30. The molecule has 0 aliphatic carbocycles. The van der Waals surface area contributed by atoms with E-state index in [1.165, 1.54) is 5.56 Å². The highest BCUT2D eigenvalue weighted by Gasteiger charge is 2.32. The van der Waals surface area contributed by atoms with E-state index in [1.54, 1.807) is 0 Å². The van der Waals surface area contributed by atoms with Gasteiger partial charge < -0.3 is 9.64 Å². The van der Waals surface area contributed by atoms with E-state index in [1.807, 2.05) is 23.1 Å². The van der Waals surface area contributed by atoms with Crippen LogP contribution in [0.15, 0.2) is 30.3 Å². The molecule has 1 heterocycles. The van der Waals surface area contributed by atoms with Crippen molar-refractivity contribution < 1.29 is 9.53 Å². The first kappa shape index (κ1) is 12.9. The summed E-state index contributed by atoms with van der Waals surface area (Å²) in [5.74, 6) is 0.607. The van der Waals surface area contributed by atoms with Crippen molar-refractivity contribution in [2.75, 3.05) is 13.2 Å². The van der Waals surface area contributed by atoms with Crippen molar-refractivity contribution in [2.24, 2.45) is 5.92 Å². The van der Waals surface area contributed by atoms with E-state index >= 15 is 0 Å². The van der Waals surface area contributed by atoms with Crippen molar-refractivity contribution in [3.05, 3.63) is 35.9 Å². The molecule has 98 valence electrons. The third-order valence-corrected chi connectivity index (χ3v) is 3.34. The van der Waals surface area contributed by atoms with Gasteiger partial charge >= 0.3 is 6.09 Å². The van der Waals surface area contributed by atoms with Crippen LogP contribution in [0.4, 0.5) is 4.79 Å². The molecule has 3 nitrogen and oxygen atoms in total. The Morgan fingerprint density at radius 2 is 2.06 bits per heavy atom. The minimum Gasteiger partial charge on any atom is -0.447 e. The summed E-state index contributed by atoms with van der Waals surface area (Å²) in [6.07, 6.45) is 1.75. The van der Waals surface area contributed by atoms with Gasteiger partial charge in [-0.05, 0) is 24.3 Å². The van der Waals surface area contributed by atoms with Crippen molar-refractivity contribution in [3.8, 4) is 0 Å². The van der Waals surface area contributed by atoms with Gasteiger partial charge in [0.15, 0.2) is 0 Å². The molecule has 0 spiro atoms. The molecule has 1 aliphatic rings. The molecule has 1 aliphatic heterocycles. The highest BCUT2D eigenvalue weighted by Crippen LogP contribution is 2.18. The van der Waals surface area contributed by atoms with Gasteiger partial charge in [0.2, 0.25) is 0 Å². The van der Waals surface area contributed by atoms with Gasteiger partial charge in [-0.2, -0.15) is 0 Å². The quantitative estimate of drug-likeness (QED) is 0.800. The van der Waals surface area contributed by atoms with Gasteiger partial charge in [-0.3, -0.25) is 0 Å². The summed E-state index contributed by atoms with van der Waals surface area (Å²) >= 11 is 0. The Bertz CT molecular complexity index is 389. The molecule has 0 saturated carbocycles. The number of rotatable bonds is 5. The Morgan fingerprint density at radius 1 is 1.33 bits per heavy atom. The summed E-state index contributed by atoms with van der Waals surface area (Å²) in [4.78, 5) is 13.6. The summed E-state index contributed by atoms with van der Waals surface area (Å²) in [6.45, 7) is 5.67. The molecule has 1 saturated heterocycles. The fourth-order valence-electron chi connectivity index (χ4n) is 2.22. The fourth-order valence-corrected chi connectivity index (χ4v) is 2.22. The van der Waals surface area contributed by atoms with E-state index in [-0.39, 0.29) is 12.1 Å². The summed E-state index contributed by atoms with van der Waals surface area (Å²) in [5.41, 5.74) is 1.26. The average molecular weight is 247 g/mol. The van der Waals surface area contributed by atoms with Crippen LogP contribution >= 0.6 is 0 Å². The number of carbonyl (C=O) groups is 1. The van der Waals surface area contributed by atoms with E-state index in [2.05, 4.69) is 26.0 Å². The first-order chi connectivity index (χ1) is 8.66. The maximum atomic E-state index is 11.7. The van der Waals surface area contributed by atoms with Gasteiger partial charge in [-0.25, -0.2) is 4.79 Å². The lowest BCUT2D eigenvalue weighted by molar-refractivity contribution is 0.156. The Morgan fingerprint density at radius 3 is 2.72 bits per heavy atom.